The van der Waals surface area contributed by atoms with Gasteiger partial charge in [0.15, 0.2) is 0 Å². The van der Waals surface area contributed by atoms with Crippen LogP contribution >= 0.6 is 11.3 Å². The SMILES string of the molecule is NC(=O)c1ccsc1NC(=O)c1cccc(C(F)(F)F)c1. The van der Waals surface area contributed by atoms with E-state index in [-0.39, 0.29) is 16.1 Å². The summed E-state index contributed by atoms with van der Waals surface area (Å²) >= 11 is 1.06. The van der Waals surface area contributed by atoms with Crippen LogP contribution in [-0.2, 0) is 6.18 Å². The molecule has 1 aromatic carbocycles. The second-order valence-electron chi connectivity index (χ2n) is 4.06. The van der Waals surface area contributed by atoms with Crippen molar-refractivity contribution in [2.75, 3.05) is 5.32 Å². The first-order valence-electron chi connectivity index (χ1n) is 5.65. The van der Waals surface area contributed by atoms with Crippen LogP contribution in [0.15, 0.2) is 35.7 Å². The van der Waals surface area contributed by atoms with Crippen molar-refractivity contribution in [2.45, 2.75) is 6.18 Å². The molecule has 0 saturated heterocycles. The number of halogens is 3. The molecule has 0 saturated carbocycles. The van der Waals surface area contributed by atoms with Crippen LogP contribution in [0.1, 0.15) is 26.3 Å². The van der Waals surface area contributed by atoms with Crippen LogP contribution in [0.5, 0.6) is 0 Å². The van der Waals surface area contributed by atoms with E-state index in [2.05, 4.69) is 5.32 Å². The standard InChI is InChI=1S/C13H9F3N2O2S/c14-13(15,16)8-3-1-2-7(6-8)11(20)18-12-9(10(17)19)4-5-21-12/h1-6H,(H2,17,19)(H,18,20). The molecule has 2 amide bonds. The minimum Gasteiger partial charge on any atom is -0.366 e. The molecule has 110 valence electrons. The highest BCUT2D eigenvalue weighted by Crippen LogP contribution is 2.30. The molecule has 0 aliphatic carbocycles. The Morgan fingerprint density at radius 1 is 1.19 bits per heavy atom. The van der Waals surface area contributed by atoms with Crippen molar-refractivity contribution in [3.63, 3.8) is 0 Å². The van der Waals surface area contributed by atoms with Gasteiger partial charge >= 0.3 is 6.18 Å². The molecule has 3 N–H and O–H groups in total. The first-order chi connectivity index (χ1) is 9.79. The third-order valence-electron chi connectivity index (χ3n) is 2.61. The minimum absolute atomic E-state index is 0.111. The van der Waals surface area contributed by atoms with Crippen molar-refractivity contribution in [2.24, 2.45) is 5.73 Å². The number of nitrogens with one attached hydrogen (secondary N) is 1. The summed E-state index contributed by atoms with van der Waals surface area (Å²) in [4.78, 5) is 23.1. The molecular weight excluding hydrogens is 305 g/mol. The Hall–Kier alpha value is -2.35. The number of carbonyl (C=O) groups excluding carboxylic acids is 2. The number of rotatable bonds is 3. The molecule has 1 heterocycles. The van der Waals surface area contributed by atoms with E-state index in [9.17, 15) is 22.8 Å². The molecule has 0 aliphatic rings. The van der Waals surface area contributed by atoms with Gasteiger partial charge in [0.2, 0.25) is 0 Å². The van der Waals surface area contributed by atoms with Crippen molar-refractivity contribution in [1.29, 1.82) is 0 Å². The molecule has 0 unspecified atom stereocenters. The fourth-order valence-corrected chi connectivity index (χ4v) is 2.40. The van der Waals surface area contributed by atoms with Gasteiger partial charge in [0.1, 0.15) is 5.00 Å². The van der Waals surface area contributed by atoms with Gasteiger partial charge in [0, 0.05) is 5.56 Å². The quantitative estimate of drug-likeness (QED) is 0.913. The zero-order valence-electron chi connectivity index (χ0n) is 10.4. The number of primary amides is 1. The predicted molar refractivity (Wildman–Crippen MR) is 72.2 cm³/mol. The maximum absolute atomic E-state index is 12.6. The summed E-state index contributed by atoms with van der Waals surface area (Å²) in [5.74, 6) is -1.47. The predicted octanol–water partition coefficient (Wildman–Crippen LogP) is 3.12. The summed E-state index contributed by atoms with van der Waals surface area (Å²) in [6.45, 7) is 0. The zero-order valence-corrected chi connectivity index (χ0v) is 11.2. The van der Waals surface area contributed by atoms with Gasteiger partial charge in [-0.25, -0.2) is 0 Å². The van der Waals surface area contributed by atoms with E-state index in [0.717, 1.165) is 29.5 Å². The topological polar surface area (TPSA) is 72.2 Å². The van der Waals surface area contributed by atoms with Crippen LogP contribution in [0, 0.1) is 0 Å². The molecule has 8 heteroatoms. The molecule has 21 heavy (non-hydrogen) atoms. The lowest BCUT2D eigenvalue weighted by atomic mass is 10.1. The molecule has 0 spiro atoms. The van der Waals surface area contributed by atoms with Gasteiger partial charge in [0.25, 0.3) is 11.8 Å². The number of thiophene rings is 1. The first-order valence-corrected chi connectivity index (χ1v) is 6.53. The van der Waals surface area contributed by atoms with Crippen LogP contribution in [0.25, 0.3) is 0 Å². The third kappa shape index (κ3) is 3.40. The van der Waals surface area contributed by atoms with Crippen LogP contribution in [0.2, 0.25) is 0 Å². The van der Waals surface area contributed by atoms with Crippen LogP contribution in [0.4, 0.5) is 18.2 Å². The molecule has 2 rings (SSSR count). The van der Waals surface area contributed by atoms with Crippen molar-refractivity contribution < 1.29 is 22.8 Å². The number of carbonyl (C=O) groups is 2. The molecule has 4 nitrogen and oxygen atoms in total. The van der Waals surface area contributed by atoms with E-state index in [1.54, 1.807) is 5.38 Å². The fraction of sp³-hybridized carbons (Fsp3) is 0.0769. The summed E-state index contributed by atoms with van der Waals surface area (Å²) in [6, 6.07) is 5.43. The number of alkyl halides is 3. The highest BCUT2D eigenvalue weighted by molar-refractivity contribution is 7.14. The van der Waals surface area contributed by atoms with Crippen LogP contribution in [0.3, 0.4) is 0 Å². The summed E-state index contributed by atoms with van der Waals surface area (Å²) in [5, 5.41) is 4.12. The molecule has 0 atom stereocenters. The smallest absolute Gasteiger partial charge is 0.366 e. The Morgan fingerprint density at radius 3 is 2.52 bits per heavy atom. The van der Waals surface area contributed by atoms with Crippen LogP contribution in [-0.4, -0.2) is 11.8 Å². The number of anilines is 1. The Labute approximate surface area is 121 Å². The van der Waals surface area contributed by atoms with E-state index >= 15 is 0 Å². The molecule has 0 fully saturated rings. The Bertz CT molecular complexity index is 695. The maximum atomic E-state index is 12.6. The van der Waals surface area contributed by atoms with Gasteiger partial charge in [-0.1, -0.05) is 6.07 Å². The Morgan fingerprint density at radius 2 is 1.90 bits per heavy atom. The lowest BCUT2D eigenvalue weighted by Crippen LogP contribution is -2.17. The van der Waals surface area contributed by atoms with E-state index in [1.165, 1.54) is 12.1 Å². The lowest BCUT2D eigenvalue weighted by molar-refractivity contribution is -0.137. The number of nitrogens with two attached hydrogens (primary N) is 1. The van der Waals surface area contributed by atoms with Gasteiger partial charge in [-0.15, -0.1) is 11.3 Å². The Kier molecular flexibility index (Phi) is 3.99. The average Bonchev–Trinajstić information content (AvgIpc) is 2.86. The molecule has 2 aromatic rings. The summed E-state index contributed by atoms with van der Waals surface area (Å²) in [7, 11) is 0. The van der Waals surface area contributed by atoms with E-state index in [0.29, 0.717) is 0 Å². The number of benzene rings is 1. The second kappa shape index (κ2) is 5.57. The van der Waals surface area contributed by atoms with Gasteiger partial charge in [-0.2, -0.15) is 13.2 Å². The molecule has 0 aliphatic heterocycles. The van der Waals surface area contributed by atoms with E-state index in [1.807, 2.05) is 0 Å². The molecular formula is C13H9F3N2O2S. The van der Waals surface area contributed by atoms with Crippen LogP contribution < -0.4 is 11.1 Å². The monoisotopic (exact) mass is 314 g/mol. The summed E-state index contributed by atoms with van der Waals surface area (Å²) in [6.07, 6.45) is -4.53. The maximum Gasteiger partial charge on any atom is 0.416 e. The fourth-order valence-electron chi connectivity index (χ4n) is 1.61. The molecule has 1 aromatic heterocycles. The number of hydrogen-bond acceptors (Lipinski definition) is 3. The largest absolute Gasteiger partial charge is 0.416 e. The number of hydrogen-bond donors (Lipinski definition) is 2. The van der Waals surface area contributed by atoms with Gasteiger partial charge in [0.05, 0.1) is 11.1 Å². The zero-order chi connectivity index (χ0) is 15.6. The normalized spacial score (nSPS) is 11.2. The lowest BCUT2D eigenvalue weighted by Gasteiger charge is -2.09. The third-order valence-corrected chi connectivity index (χ3v) is 3.44. The summed E-state index contributed by atoms with van der Waals surface area (Å²) in [5.41, 5.74) is 4.16. The van der Waals surface area contributed by atoms with Gasteiger partial charge in [-0.05, 0) is 29.6 Å². The number of amides is 2. The van der Waals surface area contributed by atoms with E-state index < -0.39 is 23.6 Å². The van der Waals surface area contributed by atoms with Crippen molar-refractivity contribution >= 4 is 28.2 Å². The van der Waals surface area contributed by atoms with E-state index in [4.69, 9.17) is 5.73 Å². The van der Waals surface area contributed by atoms with Crippen molar-refractivity contribution in [3.05, 3.63) is 52.4 Å². The first kappa shape index (κ1) is 15.0. The molecule has 0 radical (unpaired) electrons. The van der Waals surface area contributed by atoms with Crippen molar-refractivity contribution in [1.82, 2.24) is 0 Å². The average molecular weight is 314 g/mol. The minimum atomic E-state index is -4.53. The Balaban J connectivity index is 2.25. The van der Waals surface area contributed by atoms with Gasteiger partial charge < -0.3 is 11.1 Å². The second-order valence-corrected chi connectivity index (χ2v) is 4.98. The molecule has 0 bridgehead atoms. The van der Waals surface area contributed by atoms with Gasteiger partial charge in [-0.3, -0.25) is 9.59 Å². The van der Waals surface area contributed by atoms with Crippen molar-refractivity contribution in [3.8, 4) is 0 Å². The highest BCUT2D eigenvalue weighted by Gasteiger charge is 2.31. The summed E-state index contributed by atoms with van der Waals surface area (Å²) < 4.78 is 37.8. The highest BCUT2D eigenvalue weighted by atomic mass is 32.1.